The third kappa shape index (κ3) is 49.9. The summed E-state index contributed by atoms with van der Waals surface area (Å²) >= 11 is 0. The number of amides is 1. The van der Waals surface area contributed by atoms with Crippen LogP contribution in [0.25, 0.3) is 0 Å². The summed E-state index contributed by atoms with van der Waals surface area (Å²) < 4.78 is 16.7. The maximum atomic E-state index is 13.1. The predicted molar refractivity (Wildman–Crippen MR) is 352 cm³/mol. The standard InChI is InChI=1S/C73H129NO10/c1-3-5-7-9-11-13-15-17-32-35-39-43-47-51-55-59-66(76)65(64-83-73-72(81)71(80)70(79)67(63-75)84-73)74-68(77)60-56-52-48-44-40-36-33-30-28-26-24-22-20-19-21-23-25-27-29-31-34-38-42-46-50-54-58-62-82-69(78)61-57-53-49-45-41-37-18-16-14-12-10-8-6-4-2/h10,12,15-20,23,25,39,43,55,59,65-67,70-73,75-76,79-81H,3-9,11,13-14,21-22,24,26-38,40-42,44-54,56-58,60-64H2,1-2H3,(H,74,77)/b12-10-,17-15+,18-16-,20-19-,25-23-,43-39+,59-55+. The zero-order valence-corrected chi connectivity index (χ0v) is 53.8. The van der Waals surface area contributed by atoms with E-state index in [1.807, 2.05) is 6.08 Å². The van der Waals surface area contributed by atoms with E-state index >= 15 is 0 Å². The third-order valence-corrected chi connectivity index (χ3v) is 15.9. The van der Waals surface area contributed by atoms with E-state index in [9.17, 15) is 35.1 Å². The number of aliphatic hydroxyl groups excluding tert-OH is 5. The van der Waals surface area contributed by atoms with Gasteiger partial charge < -0.3 is 45.1 Å². The van der Waals surface area contributed by atoms with Crippen molar-refractivity contribution in [1.82, 2.24) is 5.32 Å². The van der Waals surface area contributed by atoms with Crippen LogP contribution in [-0.4, -0.2) is 100 Å². The first-order valence-electron chi connectivity index (χ1n) is 34.9. The van der Waals surface area contributed by atoms with E-state index in [0.29, 0.717) is 19.4 Å². The number of allylic oxidation sites excluding steroid dienone is 13. The zero-order valence-electron chi connectivity index (χ0n) is 53.8. The number of ether oxygens (including phenoxy) is 3. The summed E-state index contributed by atoms with van der Waals surface area (Å²) in [5.74, 6) is -0.215. The molecule has 11 nitrogen and oxygen atoms in total. The number of hydrogen-bond acceptors (Lipinski definition) is 10. The predicted octanol–water partition coefficient (Wildman–Crippen LogP) is 17.7. The maximum Gasteiger partial charge on any atom is 0.305 e. The number of unbranched alkanes of at least 4 members (excludes halogenated alkanes) is 34. The van der Waals surface area contributed by atoms with Crippen molar-refractivity contribution in [1.29, 1.82) is 0 Å². The summed E-state index contributed by atoms with van der Waals surface area (Å²) in [6.07, 6.45) is 74.1. The summed E-state index contributed by atoms with van der Waals surface area (Å²) in [5.41, 5.74) is 0. The third-order valence-electron chi connectivity index (χ3n) is 15.9. The molecule has 7 unspecified atom stereocenters. The Hall–Kier alpha value is -3.16. The van der Waals surface area contributed by atoms with E-state index in [0.717, 1.165) is 103 Å². The molecule has 1 amide bonds. The lowest BCUT2D eigenvalue weighted by atomic mass is 9.99. The molecule has 1 saturated heterocycles. The van der Waals surface area contributed by atoms with Crippen molar-refractivity contribution in [3.63, 3.8) is 0 Å². The van der Waals surface area contributed by atoms with Crippen LogP contribution >= 0.6 is 0 Å². The lowest BCUT2D eigenvalue weighted by Gasteiger charge is -2.40. The minimum Gasteiger partial charge on any atom is -0.466 e. The van der Waals surface area contributed by atoms with E-state index in [4.69, 9.17) is 14.2 Å². The molecule has 0 saturated carbocycles. The van der Waals surface area contributed by atoms with Gasteiger partial charge >= 0.3 is 5.97 Å². The van der Waals surface area contributed by atoms with E-state index in [1.165, 1.54) is 173 Å². The second kappa shape index (κ2) is 61.5. The van der Waals surface area contributed by atoms with Crippen molar-refractivity contribution >= 4 is 11.9 Å². The van der Waals surface area contributed by atoms with E-state index < -0.39 is 49.5 Å². The Labute approximate surface area is 514 Å². The molecule has 11 heteroatoms. The molecule has 0 aliphatic carbocycles. The molecule has 1 aliphatic rings. The van der Waals surface area contributed by atoms with Crippen molar-refractivity contribution in [3.05, 3.63) is 85.1 Å². The zero-order chi connectivity index (χ0) is 60.9. The fourth-order valence-electron chi connectivity index (χ4n) is 10.4. The molecule has 1 rings (SSSR count). The highest BCUT2D eigenvalue weighted by atomic mass is 16.7. The van der Waals surface area contributed by atoms with Crippen LogP contribution in [-0.2, 0) is 23.8 Å². The van der Waals surface area contributed by atoms with Gasteiger partial charge in [-0.1, -0.05) is 259 Å². The SMILES string of the molecule is CCCC/C=C\C/C=C\CCCCCCCC(=O)OCCCCCCCCCCC/C=C\C/C=C\CCCCCCCCCCCCCC(=O)NC(COC1OC(CO)C(O)C(O)C1O)C(O)/C=C/CC/C=C/CC/C=C/CCCCCCC. The second-order valence-corrected chi connectivity index (χ2v) is 23.8. The van der Waals surface area contributed by atoms with Crippen LogP contribution in [0.1, 0.15) is 303 Å². The average molecular weight is 1180 g/mol. The molecule has 0 bridgehead atoms. The van der Waals surface area contributed by atoms with E-state index in [2.05, 4.69) is 92.1 Å². The van der Waals surface area contributed by atoms with Gasteiger partial charge in [0, 0.05) is 12.8 Å². The van der Waals surface area contributed by atoms with Crippen molar-refractivity contribution in [3.8, 4) is 0 Å². The van der Waals surface area contributed by atoms with Crippen LogP contribution in [0.3, 0.4) is 0 Å². The molecule has 0 radical (unpaired) electrons. The first-order chi connectivity index (χ1) is 41.2. The molecule has 7 atom stereocenters. The Bertz CT molecular complexity index is 1670. The van der Waals surface area contributed by atoms with Crippen molar-refractivity contribution < 1.29 is 49.3 Å². The minimum absolute atomic E-state index is 0.0149. The van der Waals surface area contributed by atoms with Crippen molar-refractivity contribution in [2.75, 3.05) is 19.8 Å². The van der Waals surface area contributed by atoms with Crippen LogP contribution in [0.2, 0.25) is 0 Å². The summed E-state index contributed by atoms with van der Waals surface area (Å²) in [7, 11) is 0. The topological polar surface area (TPSA) is 175 Å². The number of rotatable bonds is 60. The number of hydrogen-bond donors (Lipinski definition) is 6. The largest absolute Gasteiger partial charge is 0.466 e. The molecular formula is C73H129NO10. The van der Waals surface area contributed by atoms with Gasteiger partial charge in [0.05, 0.1) is 32.0 Å². The Balaban J connectivity index is 2.04. The average Bonchev–Trinajstić information content (AvgIpc) is 3.66. The molecular weight excluding hydrogens is 1050 g/mol. The highest BCUT2D eigenvalue weighted by Crippen LogP contribution is 2.23. The Morgan fingerprint density at radius 3 is 1.29 bits per heavy atom. The Morgan fingerprint density at radius 1 is 0.440 bits per heavy atom. The quantitative estimate of drug-likeness (QED) is 0.0195. The van der Waals surface area contributed by atoms with Gasteiger partial charge in [0.1, 0.15) is 24.4 Å². The van der Waals surface area contributed by atoms with Crippen LogP contribution in [0.15, 0.2) is 85.1 Å². The molecule has 0 aromatic rings. The van der Waals surface area contributed by atoms with Crippen LogP contribution in [0.4, 0.5) is 0 Å². The van der Waals surface area contributed by atoms with E-state index in [-0.39, 0.29) is 18.5 Å². The molecule has 6 N–H and O–H groups in total. The fourth-order valence-corrected chi connectivity index (χ4v) is 10.4. The van der Waals surface area contributed by atoms with Gasteiger partial charge in [-0.15, -0.1) is 0 Å². The Morgan fingerprint density at radius 2 is 0.821 bits per heavy atom. The van der Waals surface area contributed by atoms with Crippen molar-refractivity contribution in [2.24, 2.45) is 0 Å². The van der Waals surface area contributed by atoms with Gasteiger partial charge in [-0.3, -0.25) is 9.59 Å². The van der Waals surface area contributed by atoms with E-state index in [1.54, 1.807) is 6.08 Å². The molecule has 1 fully saturated rings. The van der Waals surface area contributed by atoms with Gasteiger partial charge in [-0.05, 0) is 116 Å². The number of aliphatic hydroxyl groups is 5. The number of carbonyl (C=O) groups excluding carboxylic acids is 2. The number of nitrogens with one attached hydrogen (secondary N) is 1. The van der Waals surface area contributed by atoms with Gasteiger partial charge in [0.15, 0.2) is 6.29 Å². The lowest BCUT2D eigenvalue weighted by Crippen LogP contribution is -2.60. The molecule has 1 heterocycles. The minimum atomic E-state index is -1.58. The highest BCUT2D eigenvalue weighted by Gasteiger charge is 2.44. The van der Waals surface area contributed by atoms with Crippen molar-refractivity contribution in [2.45, 2.75) is 346 Å². The summed E-state index contributed by atoms with van der Waals surface area (Å²) in [4.78, 5) is 25.1. The number of carbonyl (C=O) groups is 2. The molecule has 0 aromatic heterocycles. The van der Waals surface area contributed by atoms with Gasteiger partial charge in [-0.2, -0.15) is 0 Å². The molecule has 486 valence electrons. The van der Waals surface area contributed by atoms with Gasteiger partial charge in [0.2, 0.25) is 5.91 Å². The monoisotopic (exact) mass is 1180 g/mol. The first kappa shape index (κ1) is 78.9. The molecule has 0 aromatic carbocycles. The summed E-state index contributed by atoms with van der Waals surface area (Å²) in [5, 5.41) is 54.5. The van der Waals surface area contributed by atoms with Crippen LogP contribution in [0.5, 0.6) is 0 Å². The Kier molecular flexibility index (Phi) is 57.7. The number of esters is 1. The van der Waals surface area contributed by atoms with Gasteiger partial charge in [0.25, 0.3) is 0 Å². The fraction of sp³-hybridized carbons (Fsp3) is 0.781. The van der Waals surface area contributed by atoms with Crippen LogP contribution < -0.4 is 5.32 Å². The molecule has 1 aliphatic heterocycles. The van der Waals surface area contributed by atoms with Crippen LogP contribution in [0, 0.1) is 0 Å². The summed E-state index contributed by atoms with van der Waals surface area (Å²) in [6, 6.07) is -0.840. The first-order valence-corrected chi connectivity index (χ1v) is 34.9. The lowest BCUT2D eigenvalue weighted by molar-refractivity contribution is -0.302. The molecule has 0 spiro atoms. The smallest absolute Gasteiger partial charge is 0.305 e. The molecule has 84 heavy (non-hydrogen) atoms. The van der Waals surface area contributed by atoms with Gasteiger partial charge in [-0.25, -0.2) is 0 Å². The highest BCUT2D eigenvalue weighted by molar-refractivity contribution is 5.76. The second-order valence-electron chi connectivity index (χ2n) is 23.8. The summed E-state index contributed by atoms with van der Waals surface area (Å²) in [6.45, 7) is 4.27. The maximum absolute atomic E-state index is 13.1. The normalized spacial score (nSPS) is 18.6.